The highest BCUT2D eigenvalue weighted by molar-refractivity contribution is 14.0. The van der Waals surface area contributed by atoms with Gasteiger partial charge in [0.15, 0.2) is 5.96 Å². The van der Waals surface area contributed by atoms with Crippen molar-refractivity contribution < 1.29 is 9.53 Å². The Morgan fingerprint density at radius 3 is 2.82 bits per heavy atom. The van der Waals surface area contributed by atoms with Crippen molar-refractivity contribution in [2.45, 2.75) is 25.8 Å². The second-order valence-corrected chi connectivity index (χ2v) is 7.13. The number of amides is 1. The Kier molecular flexibility index (Phi) is 10.7. The lowest BCUT2D eigenvalue weighted by Gasteiger charge is -2.22. The van der Waals surface area contributed by atoms with Crippen LogP contribution in [0.2, 0.25) is 5.02 Å². The van der Waals surface area contributed by atoms with Crippen LogP contribution >= 0.6 is 35.6 Å². The fraction of sp³-hybridized carbons (Fsp3) is 0.579. The lowest BCUT2D eigenvalue weighted by atomic mass is 10.2. The highest BCUT2D eigenvalue weighted by Gasteiger charge is 2.25. The molecule has 28 heavy (non-hydrogen) atoms. The van der Waals surface area contributed by atoms with Crippen molar-refractivity contribution in [3.8, 4) is 5.75 Å². The zero-order chi connectivity index (χ0) is 19.8. The Bertz CT molecular complexity index is 672. The van der Waals surface area contributed by atoms with Crippen LogP contribution in [-0.4, -0.2) is 70.2 Å². The number of ether oxygens (including phenoxy) is 1. The molecule has 0 aromatic heterocycles. The maximum Gasteiger partial charge on any atom is 0.223 e. The molecule has 0 saturated carbocycles. The van der Waals surface area contributed by atoms with Crippen LogP contribution < -0.4 is 20.3 Å². The van der Waals surface area contributed by atoms with Crippen molar-refractivity contribution in [2.75, 3.05) is 52.3 Å². The third-order valence-electron chi connectivity index (χ3n) is 4.45. The number of carbonyl (C=O) groups excluding carboxylic acids is 1. The average molecular weight is 524 g/mol. The first kappa shape index (κ1) is 24.6. The molecule has 2 N–H and O–H groups in total. The molecule has 2 rings (SSSR count). The highest BCUT2D eigenvalue weighted by atomic mass is 127. The molecule has 1 saturated heterocycles. The number of anilines is 1. The normalized spacial score (nSPS) is 16.4. The molecule has 0 aliphatic carbocycles. The number of halogens is 2. The van der Waals surface area contributed by atoms with E-state index in [4.69, 9.17) is 16.3 Å². The quantitative estimate of drug-likeness (QED) is 0.327. The topological polar surface area (TPSA) is 69.2 Å². The largest absolute Gasteiger partial charge is 0.495 e. The van der Waals surface area contributed by atoms with Gasteiger partial charge in [-0.3, -0.25) is 9.79 Å². The molecule has 1 aromatic rings. The van der Waals surface area contributed by atoms with E-state index in [1.165, 1.54) is 0 Å². The summed E-state index contributed by atoms with van der Waals surface area (Å²) in [6.45, 7) is 5.00. The first-order chi connectivity index (χ1) is 12.9. The number of methoxy groups -OCH3 is 1. The van der Waals surface area contributed by atoms with E-state index in [1.54, 1.807) is 26.1 Å². The first-order valence-electron chi connectivity index (χ1n) is 9.28. The molecule has 1 atom stereocenters. The maximum absolute atomic E-state index is 11.7. The van der Waals surface area contributed by atoms with Gasteiger partial charge in [0.2, 0.25) is 5.91 Å². The Labute approximate surface area is 189 Å². The van der Waals surface area contributed by atoms with Gasteiger partial charge in [0.1, 0.15) is 5.75 Å². The molecule has 1 unspecified atom stereocenters. The van der Waals surface area contributed by atoms with Crippen LogP contribution in [0.3, 0.4) is 0 Å². The monoisotopic (exact) mass is 523 g/mol. The van der Waals surface area contributed by atoms with Crippen molar-refractivity contribution in [2.24, 2.45) is 4.99 Å². The summed E-state index contributed by atoms with van der Waals surface area (Å²) in [7, 11) is 5.18. The van der Waals surface area contributed by atoms with Crippen molar-refractivity contribution >= 4 is 53.1 Å². The van der Waals surface area contributed by atoms with Crippen LogP contribution in [0.25, 0.3) is 0 Å². The Morgan fingerprint density at radius 1 is 1.43 bits per heavy atom. The maximum atomic E-state index is 11.7. The summed E-state index contributed by atoms with van der Waals surface area (Å²) in [5, 5.41) is 7.42. The number of carbonyl (C=O) groups is 1. The molecule has 1 aliphatic heterocycles. The number of hydrogen-bond acceptors (Lipinski definition) is 4. The van der Waals surface area contributed by atoms with E-state index < -0.39 is 0 Å². The van der Waals surface area contributed by atoms with Crippen LogP contribution in [0.5, 0.6) is 5.75 Å². The van der Waals surface area contributed by atoms with E-state index in [2.05, 4.69) is 20.5 Å². The summed E-state index contributed by atoms with van der Waals surface area (Å²) < 4.78 is 5.47. The summed E-state index contributed by atoms with van der Waals surface area (Å²) >= 11 is 6.16. The number of guanidine groups is 1. The van der Waals surface area contributed by atoms with Crippen molar-refractivity contribution in [3.63, 3.8) is 0 Å². The average Bonchev–Trinajstić information content (AvgIpc) is 3.10. The van der Waals surface area contributed by atoms with E-state index in [-0.39, 0.29) is 35.9 Å². The van der Waals surface area contributed by atoms with Gasteiger partial charge < -0.3 is 25.2 Å². The third kappa shape index (κ3) is 7.20. The predicted molar refractivity (Wildman–Crippen MR) is 126 cm³/mol. The summed E-state index contributed by atoms with van der Waals surface area (Å²) in [4.78, 5) is 20.1. The fourth-order valence-electron chi connectivity index (χ4n) is 3.01. The molecule has 1 aromatic carbocycles. The SMILES string of the molecule is CCNC(=NCCC(=O)N(C)C)NC1CCN(c2cc(Cl)ccc2OC)C1.I. The molecular weight excluding hydrogens is 493 g/mol. The second-order valence-electron chi connectivity index (χ2n) is 6.69. The van der Waals surface area contributed by atoms with E-state index in [0.29, 0.717) is 18.0 Å². The molecule has 7 nitrogen and oxygen atoms in total. The number of hydrogen-bond donors (Lipinski definition) is 2. The lowest BCUT2D eigenvalue weighted by molar-refractivity contribution is -0.128. The van der Waals surface area contributed by atoms with Gasteiger partial charge in [-0.2, -0.15) is 0 Å². The van der Waals surface area contributed by atoms with Gasteiger partial charge in [0.05, 0.1) is 19.3 Å². The van der Waals surface area contributed by atoms with Gasteiger partial charge in [-0.15, -0.1) is 24.0 Å². The van der Waals surface area contributed by atoms with Crippen LogP contribution in [0.4, 0.5) is 5.69 Å². The van der Waals surface area contributed by atoms with Crippen molar-refractivity contribution in [3.05, 3.63) is 23.2 Å². The van der Waals surface area contributed by atoms with E-state index in [1.807, 2.05) is 25.1 Å². The van der Waals surface area contributed by atoms with Crippen molar-refractivity contribution in [1.29, 1.82) is 0 Å². The van der Waals surface area contributed by atoms with Gasteiger partial charge in [0.25, 0.3) is 0 Å². The molecule has 9 heteroatoms. The van der Waals surface area contributed by atoms with Crippen LogP contribution in [0.15, 0.2) is 23.2 Å². The van der Waals surface area contributed by atoms with E-state index >= 15 is 0 Å². The van der Waals surface area contributed by atoms with Crippen LogP contribution in [0, 0.1) is 0 Å². The molecule has 1 aliphatic rings. The predicted octanol–water partition coefficient (Wildman–Crippen LogP) is 2.58. The van der Waals surface area contributed by atoms with E-state index in [0.717, 1.165) is 43.5 Å². The standard InChI is InChI=1S/C19H30ClN5O2.HI/c1-5-21-19(22-10-8-18(26)24(2)3)23-15-9-11-25(13-15)16-12-14(20)6-7-17(16)27-4;/h6-7,12,15H,5,8-11,13H2,1-4H3,(H2,21,22,23);1H. The molecule has 1 fully saturated rings. The van der Waals surface area contributed by atoms with Gasteiger partial charge >= 0.3 is 0 Å². The first-order valence-corrected chi connectivity index (χ1v) is 9.65. The van der Waals surface area contributed by atoms with Gasteiger partial charge in [-0.05, 0) is 31.5 Å². The summed E-state index contributed by atoms with van der Waals surface area (Å²) in [6, 6.07) is 5.93. The van der Waals surface area contributed by atoms with Crippen molar-refractivity contribution in [1.82, 2.24) is 15.5 Å². The minimum Gasteiger partial charge on any atom is -0.495 e. The number of nitrogens with one attached hydrogen (secondary N) is 2. The summed E-state index contributed by atoms with van der Waals surface area (Å²) in [5.74, 6) is 1.64. The van der Waals surface area contributed by atoms with Crippen LogP contribution in [-0.2, 0) is 4.79 Å². The smallest absolute Gasteiger partial charge is 0.223 e. The molecular formula is C19H31ClIN5O2. The molecule has 1 amide bonds. The molecule has 0 spiro atoms. The van der Waals surface area contributed by atoms with Gasteiger partial charge in [0, 0.05) is 51.2 Å². The number of rotatable bonds is 7. The summed E-state index contributed by atoms with van der Waals surface area (Å²) in [5.41, 5.74) is 1.01. The van der Waals surface area contributed by atoms with E-state index in [9.17, 15) is 4.79 Å². The van der Waals surface area contributed by atoms with Crippen LogP contribution in [0.1, 0.15) is 19.8 Å². The zero-order valence-corrected chi connectivity index (χ0v) is 20.1. The fourth-order valence-corrected chi connectivity index (χ4v) is 3.17. The third-order valence-corrected chi connectivity index (χ3v) is 4.68. The van der Waals surface area contributed by atoms with Gasteiger partial charge in [-0.1, -0.05) is 11.6 Å². The number of aliphatic imine (C=N–C) groups is 1. The lowest BCUT2D eigenvalue weighted by Crippen LogP contribution is -2.44. The summed E-state index contributed by atoms with van der Waals surface area (Å²) in [6.07, 6.45) is 1.39. The molecule has 1 heterocycles. The Hall–Kier alpha value is -1.42. The minimum atomic E-state index is 0. The Balaban J connectivity index is 0.00000392. The minimum absolute atomic E-state index is 0. The Morgan fingerprint density at radius 2 is 2.18 bits per heavy atom. The van der Waals surface area contributed by atoms with Gasteiger partial charge in [-0.25, -0.2) is 0 Å². The second kappa shape index (κ2) is 12.2. The number of nitrogens with zero attached hydrogens (tertiary/aromatic N) is 3. The molecule has 158 valence electrons. The molecule has 0 radical (unpaired) electrons. The highest BCUT2D eigenvalue weighted by Crippen LogP contribution is 2.33. The molecule has 0 bridgehead atoms. The number of benzene rings is 1. The zero-order valence-electron chi connectivity index (χ0n) is 17.0.